The minimum atomic E-state index is 0.693. The van der Waals surface area contributed by atoms with Crippen LogP contribution >= 0.6 is 0 Å². The van der Waals surface area contributed by atoms with Crippen molar-refractivity contribution >= 4 is 6.29 Å². The molecule has 0 unspecified atom stereocenters. The van der Waals surface area contributed by atoms with Gasteiger partial charge in [0, 0.05) is 5.56 Å². The van der Waals surface area contributed by atoms with Crippen molar-refractivity contribution in [1.29, 1.82) is 0 Å². The number of carbonyl (C=O) groups excluding carboxylic acids is 1. The van der Waals surface area contributed by atoms with Crippen molar-refractivity contribution in [2.45, 2.75) is 37.5 Å². The fourth-order valence-electron chi connectivity index (χ4n) is 4.04. The van der Waals surface area contributed by atoms with Crippen molar-refractivity contribution in [2.24, 2.45) is 0 Å². The number of hydrogen-bond acceptors (Lipinski definition) is 1. The van der Waals surface area contributed by atoms with E-state index in [1.165, 1.54) is 36.8 Å². The minimum absolute atomic E-state index is 0.693. The molecule has 0 aromatic heterocycles. The largest absolute Gasteiger partial charge is 0.298 e. The van der Waals surface area contributed by atoms with Crippen molar-refractivity contribution < 1.29 is 4.79 Å². The Labute approximate surface area is 119 Å². The summed E-state index contributed by atoms with van der Waals surface area (Å²) in [5.41, 5.74) is 6.07. The van der Waals surface area contributed by atoms with E-state index in [9.17, 15) is 4.79 Å². The van der Waals surface area contributed by atoms with Crippen LogP contribution in [0.15, 0.2) is 42.5 Å². The third-order valence-electron chi connectivity index (χ3n) is 5.07. The first-order valence-corrected chi connectivity index (χ1v) is 7.55. The number of hydrogen-bond donors (Lipinski definition) is 0. The lowest BCUT2D eigenvalue weighted by atomic mass is 9.66. The molecule has 3 aliphatic rings. The average molecular weight is 262 g/mol. The van der Waals surface area contributed by atoms with E-state index in [0.29, 0.717) is 5.92 Å². The van der Waals surface area contributed by atoms with Crippen LogP contribution in [0, 0.1) is 0 Å². The highest BCUT2D eigenvalue weighted by Gasteiger charge is 2.33. The Hall–Kier alpha value is -1.89. The van der Waals surface area contributed by atoms with Gasteiger partial charge in [-0.1, -0.05) is 30.3 Å². The van der Waals surface area contributed by atoms with Crippen LogP contribution in [0.4, 0.5) is 0 Å². The smallest absolute Gasteiger partial charge is 0.150 e. The van der Waals surface area contributed by atoms with E-state index >= 15 is 0 Å². The van der Waals surface area contributed by atoms with Crippen LogP contribution in [0.25, 0.3) is 11.1 Å². The average Bonchev–Trinajstić information content (AvgIpc) is 2.55. The molecule has 100 valence electrons. The highest BCUT2D eigenvalue weighted by atomic mass is 16.1. The molecule has 3 aliphatic carbocycles. The van der Waals surface area contributed by atoms with E-state index in [2.05, 4.69) is 24.3 Å². The monoisotopic (exact) mass is 262 g/mol. The summed E-state index contributed by atoms with van der Waals surface area (Å²) in [5.74, 6) is 1.41. The first kappa shape index (κ1) is 11.9. The summed E-state index contributed by atoms with van der Waals surface area (Å²) < 4.78 is 0. The SMILES string of the molecule is O=Cc1cc2c(cc1-c1ccccc1)C1CCC2CC1. The Morgan fingerprint density at radius 3 is 2.05 bits per heavy atom. The summed E-state index contributed by atoms with van der Waals surface area (Å²) in [4.78, 5) is 11.5. The molecule has 1 heteroatoms. The standard InChI is InChI=1S/C19H18O/c20-12-16-10-18-14-6-8-15(9-7-14)19(18)11-17(16)13-4-2-1-3-5-13/h1-5,10-12,14-15H,6-9H2. The molecule has 2 aromatic rings. The molecule has 0 amide bonds. The third-order valence-corrected chi connectivity index (χ3v) is 5.07. The van der Waals surface area contributed by atoms with Gasteiger partial charge in [-0.15, -0.1) is 0 Å². The van der Waals surface area contributed by atoms with Crippen molar-refractivity contribution in [3.05, 3.63) is 59.2 Å². The van der Waals surface area contributed by atoms with Crippen LogP contribution < -0.4 is 0 Å². The van der Waals surface area contributed by atoms with Crippen LogP contribution in [0.3, 0.4) is 0 Å². The van der Waals surface area contributed by atoms with Crippen LogP contribution in [0.5, 0.6) is 0 Å². The molecule has 1 nitrogen and oxygen atoms in total. The van der Waals surface area contributed by atoms with E-state index < -0.39 is 0 Å². The third kappa shape index (κ3) is 1.73. The molecule has 0 N–H and O–H groups in total. The molecule has 0 atom stereocenters. The summed E-state index contributed by atoms with van der Waals surface area (Å²) in [5, 5.41) is 0. The number of benzene rings is 2. The van der Waals surface area contributed by atoms with Gasteiger partial charge in [-0.2, -0.15) is 0 Å². The second kappa shape index (κ2) is 4.59. The van der Waals surface area contributed by atoms with E-state index in [0.717, 1.165) is 28.9 Å². The fraction of sp³-hybridized carbons (Fsp3) is 0.316. The fourth-order valence-corrected chi connectivity index (χ4v) is 4.04. The second-order valence-corrected chi connectivity index (χ2v) is 6.10. The second-order valence-electron chi connectivity index (χ2n) is 6.10. The summed E-state index contributed by atoms with van der Waals surface area (Å²) in [7, 11) is 0. The molecule has 20 heavy (non-hydrogen) atoms. The van der Waals surface area contributed by atoms with Gasteiger partial charge in [-0.05, 0) is 71.9 Å². The first-order chi connectivity index (χ1) is 9.86. The molecule has 0 aliphatic heterocycles. The lowest BCUT2D eigenvalue weighted by Crippen LogP contribution is -2.22. The molecule has 5 rings (SSSR count). The van der Waals surface area contributed by atoms with Gasteiger partial charge in [-0.3, -0.25) is 4.79 Å². The van der Waals surface area contributed by atoms with Gasteiger partial charge >= 0.3 is 0 Å². The van der Waals surface area contributed by atoms with Crippen molar-refractivity contribution in [1.82, 2.24) is 0 Å². The molecular weight excluding hydrogens is 244 g/mol. The van der Waals surface area contributed by atoms with Gasteiger partial charge in [0.25, 0.3) is 0 Å². The maximum atomic E-state index is 11.5. The predicted octanol–water partition coefficient (Wildman–Crippen LogP) is 4.92. The highest BCUT2D eigenvalue weighted by Crippen LogP contribution is 2.50. The predicted molar refractivity (Wildman–Crippen MR) is 81.2 cm³/mol. The Morgan fingerprint density at radius 1 is 0.850 bits per heavy atom. The van der Waals surface area contributed by atoms with E-state index in [-0.39, 0.29) is 0 Å². The maximum Gasteiger partial charge on any atom is 0.150 e. The summed E-state index contributed by atoms with van der Waals surface area (Å²) >= 11 is 0. The summed E-state index contributed by atoms with van der Waals surface area (Å²) in [6, 6.07) is 14.7. The Bertz CT molecular complexity index is 649. The molecular formula is C19H18O. The summed E-state index contributed by atoms with van der Waals surface area (Å²) in [6.45, 7) is 0. The molecule has 1 saturated carbocycles. The van der Waals surface area contributed by atoms with Gasteiger partial charge in [0.2, 0.25) is 0 Å². The Kier molecular flexibility index (Phi) is 2.73. The van der Waals surface area contributed by atoms with E-state index in [1.54, 1.807) is 0 Å². The molecule has 1 fully saturated rings. The molecule has 2 aromatic carbocycles. The minimum Gasteiger partial charge on any atom is -0.298 e. The zero-order valence-corrected chi connectivity index (χ0v) is 11.5. The zero-order chi connectivity index (χ0) is 13.5. The normalized spacial score (nSPS) is 23.4. The van der Waals surface area contributed by atoms with Crippen LogP contribution in [-0.2, 0) is 0 Å². The van der Waals surface area contributed by atoms with Crippen molar-refractivity contribution in [2.75, 3.05) is 0 Å². The van der Waals surface area contributed by atoms with Gasteiger partial charge in [0.05, 0.1) is 0 Å². The van der Waals surface area contributed by atoms with Crippen LogP contribution in [0.1, 0.15) is 59.0 Å². The van der Waals surface area contributed by atoms with Gasteiger partial charge in [-0.25, -0.2) is 0 Å². The van der Waals surface area contributed by atoms with Gasteiger partial charge < -0.3 is 0 Å². The number of aldehydes is 1. The number of fused-ring (bicyclic) bond motifs is 2. The Morgan fingerprint density at radius 2 is 1.45 bits per heavy atom. The molecule has 2 bridgehead atoms. The maximum absolute atomic E-state index is 11.5. The highest BCUT2D eigenvalue weighted by molar-refractivity contribution is 5.88. The Balaban J connectivity index is 1.92. The van der Waals surface area contributed by atoms with E-state index in [1.807, 2.05) is 18.2 Å². The molecule has 0 saturated heterocycles. The zero-order valence-electron chi connectivity index (χ0n) is 11.5. The first-order valence-electron chi connectivity index (χ1n) is 7.55. The quantitative estimate of drug-likeness (QED) is 0.702. The van der Waals surface area contributed by atoms with Gasteiger partial charge in [0.1, 0.15) is 0 Å². The molecule has 0 spiro atoms. The lowest BCUT2D eigenvalue weighted by molar-refractivity contribution is 0.112. The van der Waals surface area contributed by atoms with Crippen LogP contribution in [0.2, 0.25) is 0 Å². The number of rotatable bonds is 2. The van der Waals surface area contributed by atoms with E-state index in [4.69, 9.17) is 0 Å². The lowest BCUT2D eigenvalue weighted by Gasteiger charge is -2.38. The van der Waals surface area contributed by atoms with Crippen LogP contribution in [-0.4, -0.2) is 6.29 Å². The molecule has 0 radical (unpaired) electrons. The van der Waals surface area contributed by atoms with Crippen molar-refractivity contribution in [3.8, 4) is 11.1 Å². The topological polar surface area (TPSA) is 17.1 Å². The van der Waals surface area contributed by atoms with Crippen molar-refractivity contribution in [3.63, 3.8) is 0 Å². The number of carbonyl (C=O) groups is 1. The van der Waals surface area contributed by atoms with Gasteiger partial charge in [0.15, 0.2) is 6.29 Å². The summed E-state index contributed by atoms with van der Waals surface area (Å²) in [6.07, 6.45) is 6.28. The molecule has 0 heterocycles.